The number of carbonyl (C=O) groups excluding carboxylic acids is 1. The Bertz CT molecular complexity index is 706. The van der Waals surface area contributed by atoms with E-state index in [9.17, 15) is 4.79 Å². The number of amides is 1. The van der Waals surface area contributed by atoms with Crippen molar-refractivity contribution in [2.24, 2.45) is 0 Å². The lowest BCUT2D eigenvalue weighted by molar-refractivity contribution is -0.121. The summed E-state index contributed by atoms with van der Waals surface area (Å²) in [6.45, 7) is 12.1. The average Bonchev–Trinajstić information content (AvgIpc) is 2.90. The molecular formula is C17H23N5OS. The highest BCUT2D eigenvalue weighted by Crippen LogP contribution is 2.26. The second kappa shape index (κ2) is 7.61. The normalized spacial score (nSPS) is 12.7. The second-order valence-corrected chi connectivity index (χ2v) is 7.75. The lowest BCUT2D eigenvalue weighted by Gasteiger charge is -2.22. The smallest absolute Gasteiger partial charge is 0.233 e. The quantitative estimate of drug-likeness (QED) is 0.644. The zero-order valence-electron chi connectivity index (χ0n) is 14.5. The number of allylic oxidation sites excluding steroid dienone is 1. The van der Waals surface area contributed by atoms with Crippen molar-refractivity contribution in [3.05, 3.63) is 37.2 Å². The molecule has 2 heterocycles. The number of carbonyl (C=O) groups is 1. The van der Waals surface area contributed by atoms with Gasteiger partial charge in [0.05, 0.1) is 5.25 Å². The molecule has 1 amide bonds. The van der Waals surface area contributed by atoms with Crippen molar-refractivity contribution in [1.82, 2.24) is 25.1 Å². The van der Waals surface area contributed by atoms with Crippen LogP contribution in [0.25, 0.3) is 11.4 Å². The molecule has 2 aromatic heterocycles. The van der Waals surface area contributed by atoms with E-state index in [1.807, 2.05) is 44.4 Å². The van der Waals surface area contributed by atoms with Gasteiger partial charge in [0.15, 0.2) is 11.0 Å². The molecule has 0 aliphatic heterocycles. The van der Waals surface area contributed by atoms with Crippen molar-refractivity contribution in [1.29, 1.82) is 0 Å². The van der Waals surface area contributed by atoms with Crippen LogP contribution >= 0.6 is 11.8 Å². The minimum atomic E-state index is -0.279. The predicted octanol–water partition coefficient (Wildman–Crippen LogP) is 2.92. The van der Waals surface area contributed by atoms with Gasteiger partial charge in [0.2, 0.25) is 5.91 Å². The summed E-state index contributed by atoms with van der Waals surface area (Å²) in [5.41, 5.74) is 0.618. The fraction of sp³-hybridized carbons (Fsp3) is 0.412. The predicted molar refractivity (Wildman–Crippen MR) is 96.7 cm³/mol. The molecule has 0 bridgehead atoms. The van der Waals surface area contributed by atoms with Gasteiger partial charge in [0, 0.05) is 30.0 Å². The van der Waals surface area contributed by atoms with Crippen molar-refractivity contribution < 1.29 is 4.79 Å². The zero-order chi connectivity index (χ0) is 17.7. The van der Waals surface area contributed by atoms with Gasteiger partial charge in [0.25, 0.3) is 0 Å². The van der Waals surface area contributed by atoms with Crippen LogP contribution in [-0.2, 0) is 11.3 Å². The van der Waals surface area contributed by atoms with Crippen LogP contribution in [0.3, 0.4) is 0 Å². The Hall–Kier alpha value is -2.15. The summed E-state index contributed by atoms with van der Waals surface area (Å²) in [6, 6.07) is 3.79. The van der Waals surface area contributed by atoms with Gasteiger partial charge in [0.1, 0.15) is 0 Å². The lowest BCUT2D eigenvalue weighted by atomic mass is 10.1. The molecular weight excluding hydrogens is 322 g/mol. The molecule has 0 fully saturated rings. The molecule has 24 heavy (non-hydrogen) atoms. The second-order valence-electron chi connectivity index (χ2n) is 6.45. The van der Waals surface area contributed by atoms with Crippen LogP contribution in [0.5, 0.6) is 0 Å². The maximum atomic E-state index is 12.3. The summed E-state index contributed by atoms with van der Waals surface area (Å²) in [6.07, 6.45) is 5.24. The third-order valence-electron chi connectivity index (χ3n) is 3.10. The Morgan fingerprint density at radius 2 is 2.21 bits per heavy atom. The van der Waals surface area contributed by atoms with Gasteiger partial charge in [-0.15, -0.1) is 16.8 Å². The molecule has 0 aliphatic rings. The first-order valence-corrected chi connectivity index (χ1v) is 8.63. The van der Waals surface area contributed by atoms with E-state index in [1.54, 1.807) is 18.5 Å². The summed E-state index contributed by atoms with van der Waals surface area (Å²) in [5, 5.41) is 11.9. The van der Waals surface area contributed by atoms with Gasteiger partial charge in [-0.1, -0.05) is 17.8 Å². The molecule has 0 radical (unpaired) electrons. The molecule has 0 aliphatic carbocycles. The highest BCUT2D eigenvalue weighted by Gasteiger charge is 2.23. The van der Waals surface area contributed by atoms with E-state index >= 15 is 0 Å². The van der Waals surface area contributed by atoms with E-state index in [0.29, 0.717) is 17.5 Å². The first-order valence-electron chi connectivity index (χ1n) is 7.75. The lowest BCUT2D eigenvalue weighted by Crippen LogP contribution is -2.44. The highest BCUT2D eigenvalue weighted by atomic mass is 32.2. The van der Waals surface area contributed by atoms with E-state index in [0.717, 1.165) is 5.56 Å². The fourth-order valence-electron chi connectivity index (χ4n) is 2.06. The minimum Gasteiger partial charge on any atom is -0.351 e. The highest BCUT2D eigenvalue weighted by molar-refractivity contribution is 8.00. The molecule has 2 rings (SSSR count). The van der Waals surface area contributed by atoms with Crippen LogP contribution in [0.15, 0.2) is 42.3 Å². The van der Waals surface area contributed by atoms with Crippen molar-refractivity contribution in [2.75, 3.05) is 0 Å². The van der Waals surface area contributed by atoms with Gasteiger partial charge < -0.3 is 5.32 Å². The molecule has 7 heteroatoms. The van der Waals surface area contributed by atoms with Crippen LogP contribution in [0, 0.1) is 0 Å². The van der Waals surface area contributed by atoms with Gasteiger partial charge in [-0.05, 0) is 39.8 Å². The van der Waals surface area contributed by atoms with Crippen molar-refractivity contribution in [3.63, 3.8) is 0 Å². The van der Waals surface area contributed by atoms with Crippen molar-refractivity contribution >= 4 is 17.7 Å². The molecule has 1 atom stereocenters. The Morgan fingerprint density at radius 1 is 1.46 bits per heavy atom. The van der Waals surface area contributed by atoms with Crippen LogP contribution in [-0.4, -0.2) is 36.4 Å². The summed E-state index contributed by atoms with van der Waals surface area (Å²) >= 11 is 1.38. The standard InChI is InChI=1S/C17H23N5OS/c1-6-10-22-14(13-8-7-9-18-11-13)20-21-16(22)24-12(2)15(23)19-17(3,4)5/h6-9,11-12H,1,10H2,2-5H3,(H,19,23). The fourth-order valence-corrected chi connectivity index (χ4v) is 2.92. The Morgan fingerprint density at radius 3 is 2.79 bits per heavy atom. The molecule has 2 aromatic rings. The molecule has 1 N–H and O–H groups in total. The SMILES string of the molecule is C=CCn1c(SC(C)C(=O)NC(C)(C)C)nnc1-c1cccnc1. The third kappa shape index (κ3) is 4.67. The van der Waals surface area contributed by atoms with Crippen molar-refractivity contribution in [3.8, 4) is 11.4 Å². The average molecular weight is 345 g/mol. The van der Waals surface area contributed by atoms with Gasteiger partial charge in [-0.25, -0.2) is 0 Å². The Kier molecular flexibility index (Phi) is 5.77. The molecule has 128 valence electrons. The van der Waals surface area contributed by atoms with Crippen LogP contribution < -0.4 is 5.32 Å². The van der Waals surface area contributed by atoms with Crippen molar-refractivity contribution in [2.45, 2.75) is 50.2 Å². The monoisotopic (exact) mass is 345 g/mol. The van der Waals surface area contributed by atoms with Crippen LogP contribution in [0.4, 0.5) is 0 Å². The summed E-state index contributed by atoms with van der Waals surface area (Å²) in [7, 11) is 0. The molecule has 0 saturated heterocycles. The topological polar surface area (TPSA) is 72.7 Å². The summed E-state index contributed by atoms with van der Waals surface area (Å²) in [5.74, 6) is 0.692. The van der Waals surface area contributed by atoms with E-state index < -0.39 is 0 Å². The number of nitrogens with zero attached hydrogens (tertiary/aromatic N) is 4. The number of rotatable bonds is 6. The van der Waals surface area contributed by atoms with E-state index in [1.165, 1.54) is 11.8 Å². The zero-order valence-corrected chi connectivity index (χ0v) is 15.3. The van der Waals surface area contributed by atoms with Crippen LogP contribution in [0.1, 0.15) is 27.7 Å². The number of hydrogen-bond acceptors (Lipinski definition) is 5. The largest absolute Gasteiger partial charge is 0.351 e. The summed E-state index contributed by atoms with van der Waals surface area (Å²) < 4.78 is 1.94. The number of thioether (sulfide) groups is 1. The number of nitrogens with one attached hydrogen (secondary N) is 1. The van der Waals surface area contributed by atoms with E-state index in [2.05, 4.69) is 27.1 Å². The Labute approximate surface area is 146 Å². The van der Waals surface area contributed by atoms with Crippen LogP contribution in [0.2, 0.25) is 0 Å². The molecule has 0 saturated carbocycles. The number of hydrogen-bond donors (Lipinski definition) is 1. The molecule has 0 spiro atoms. The first kappa shape index (κ1) is 18.2. The third-order valence-corrected chi connectivity index (χ3v) is 4.18. The molecule has 0 aromatic carbocycles. The number of aromatic nitrogens is 4. The van der Waals surface area contributed by atoms with Gasteiger partial charge >= 0.3 is 0 Å². The van der Waals surface area contributed by atoms with E-state index in [-0.39, 0.29) is 16.7 Å². The maximum Gasteiger partial charge on any atom is 0.233 e. The van der Waals surface area contributed by atoms with Gasteiger partial charge in [-0.3, -0.25) is 14.3 Å². The number of pyridine rings is 1. The van der Waals surface area contributed by atoms with E-state index in [4.69, 9.17) is 0 Å². The Balaban J connectivity index is 2.23. The maximum absolute atomic E-state index is 12.3. The summed E-state index contributed by atoms with van der Waals surface area (Å²) in [4.78, 5) is 16.4. The first-order chi connectivity index (χ1) is 11.3. The molecule has 1 unspecified atom stereocenters. The molecule has 6 nitrogen and oxygen atoms in total. The minimum absolute atomic E-state index is 0.0245. The van der Waals surface area contributed by atoms with Gasteiger partial charge in [-0.2, -0.15) is 0 Å².